The number of rotatable bonds is 10. The van der Waals surface area contributed by atoms with Crippen molar-refractivity contribution in [2.75, 3.05) is 39.8 Å². The molecule has 190 valence electrons. The third kappa shape index (κ3) is 7.35. The van der Waals surface area contributed by atoms with Crippen molar-refractivity contribution in [2.45, 2.75) is 31.7 Å². The molecule has 1 aliphatic carbocycles. The topological polar surface area (TPSA) is 85.9 Å². The van der Waals surface area contributed by atoms with E-state index in [1.165, 1.54) is 7.11 Å². The zero-order chi connectivity index (χ0) is 25.4. The Morgan fingerprint density at radius 2 is 1.83 bits per heavy atom. The van der Waals surface area contributed by atoms with Gasteiger partial charge in [-0.1, -0.05) is 27.5 Å². The SMILES string of the molecule is COCC(Nc1ccc(C(=O)NCC2CCC(C(=O)OC)CC2)cc1Cl)c1cc(Br)ccc1OC. The van der Waals surface area contributed by atoms with Gasteiger partial charge in [0.05, 0.1) is 43.5 Å². The van der Waals surface area contributed by atoms with Crippen LogP contribution in [0.1, 0.15) is 47.6 Å². The third-order valence-electron chi connectivity index (χ3n) is 6.39. The highest BCUT2D eigenvalue weighted by Gasteiger charge is 2.27. The molecule has 1 saturated carbocycles. The first-order valence-corrected chi connectivity index (χ1v) is 12.8. The van der Waals surface area contributed by atoms with Gasteiger partial charge >= 0.3 is 5.97 Å². The Labute approximate surface area is 220 Å². The van der Waals surface area contributed by atoms with E-state index in [0.717, 1.165) is 41.5 Å². The van der Waals surface area contributed by atoms with E-state index in [0.29, 0.717) is 35.3 Å². The summed E-state index contributed by atoms with van der Waals surface area (Å²) in [6.45, 7) is 0.965. The molecule has 1 atom stereocenters. The lowest BCUT2D eigenvalue weighted by Crippen LogP contribution is -2.32. The van der Waals surface area contributed by atoms with Gasteiger partial charge in [-0.15, -0.1) is 0 Å². The number of anilines is 1. The molecular formula is C26H32BrClN2O5. The summed E-state index contributed by atoms with van der Waals surface area (Å²) in [4.78, 5) is 24.4. The first-order valence-electron chi connectivity index (χ1n) is 11.6. The lowest BCUT2D eigenvalue weighted by Gasteiger charge is -2.27. The molecule has 0 aliphatic heterocycles. The summed E-state index contributed by atoms with van der Waals surface area (Å²) < 4.78 is 16.7. The van der Waals surface area contributed by atoms with Crippen LogP contribution in [0.3, 0.4) is 0 Å². The number of halogens is 2. The minimum absolute atomic E-state index is 0.0234. The molecule has 2 aromatic rings. The molecule has 1 fully saturated rings. The van der Waals surface area contributed by atoms with Crippen LogP contribution >= 0.6 is 27.5 Å². The molecule has 9 heteroatoms. The van der Waals surface area contributed by atoms with Crippen molar-refractivity contribution in [3.63, 3.8) is 0 Å². The smallest absolute Gasteiger partial charge is 0.308 e. The second-order valence-corrected chi connectivity index (χ2v) is 10.0. The Hall–Kier alpha value is -2.29. The van der Waals surface area contributed by atoms with E-state index >= 15 is 0 Å². The molecule has 7 nitrogen and oxygen atoms in total. The Bertz CT molecular complexity index is 1030. The lowest BCUT2D eigenvalue weighted by atomic mass is 9.82. The number of amides is 1. The molecule has 0 radical (unpaired) electrons. The summed E-state index contributed by atoms with van der Waals surface area (Å²) in [7, 11) is 4.69. The van der Waals surface area contributed by atoms with Crippen molar-refractivity contribution >= 4 is 45.1 Å². The number of nitrogens with one attached hydrogen (secondary N) is 2. The highest BCUT2D eigenvalue weighted by Crippen LogP contribution is 2.34. The number of carbonyl (C=O) groups excluding carboxylic acids is 2. The molecule has 0 heterocycles. The van der Waals surface area contributed by atoms with Gasteiger partial charge in [0.2, 0.25) is 0 Å². The van der Waals surface area contributed by atoms with Crippen molar-refractivity contribution in [1.29, 1.82) is 0 Å². The van der Waals surface area contributed by atoms with Gasteiger partial charge in [-0.25, -0.2) is 0 Å². The van der Waals surface area contributed by atoms with Gasteiger partial charge in [-0.3, -0.25) is 9.59 Å². The zero-order valence-corrected chi connectivity index (χ0v) is 22.6. The van der Waals surface area contributed by atoms with Gasteiger partial charge in [0.25, 0.3) is 5.91 Å². The predicted octanol–water partition coefficient (Wildman–Crippen LogP) is 5.62. The molecule has 1 aliphatic rings. The maximum Gasteiger partial charge on any atom is 0.308 e. The summed E-state index contributed by atoms with van der Waals surface area (Å²) in [6, 6.07) is 10.8. The molecule has 35 heavy (non-hydrogen) atoms. The summed E-state index contributed by atoms with van der Waals surface area (Å²) in [5.41, 5.74) is 2.10. The summed E-state index contributed by atoms with van der Waals surface area (Å²) in [6.07, 6.45) is 3.38. The zero-order valence-electron chi connectivity index (χ0n) is 20.2. The van der Waals surface area contributed by atoms with E-state index in [1.54, 1.807) is 32.4 Å². The van der Waals surface area contributed by atoms with Gasteiger partial charge in [-0.05, 0) is 68.0 Å². The number of methoxy groups -OCH3 is 3. The second kappa shape index (κ2) is 13.1. The van der Waals surface area contributed by atoms with Crippen LogP contribution in [0.2, 0.25) is 5.02 Å². The maximum absolute atomic E-state index is 12.7. The predicted molar refractivity (Wildman–Crippen MR) is 140 cm³/mol. The first kappa shape index (κ1) is 27.3. The minimum Gasteiger partial charge on any atom is -0.496 e. The van der Waals surface area contributed by atoms with Crippen molar-refractivity contribution < 1.29 is 23.8 Å². The fraction of sp³-hybridized carbons (Fsp3) is 0.462. The molecule has 0 aromatic heterocycles. The molecule has 0 saturated heterocycles. The standard InChI is InChI=1S/C26H32BrClN2O5/c1-33-15-23(20-13-19(27)9-11-24(20)34-2)30-22-10-8-18(12-21(22)28)25(31)29-14-16-4-6-17(7-5-16)26(32)35-3/h8-13,16-17,23,30H,4-7,14-15H2,1-3H3,(H,29,31). The van der Waals surface area contributed by atoms with E-state index < -0.39 is 0 Å². The van der Waals surface area contributed by atoms with Crippen molar-refractivity contribution in [2.24, 2.45) is 11.8 Å². The number of hydrogen-bond donors (Lipinski definition) is 2. The van der Waals surface area contributed by atoms with Crippen LogP contribution in [0, 0.1) is 11.8 Å². The molecular weight excluding hydrogens is 536 g/mol. The average Bonchev–Trinajstić information content (AvgIpc) is 2.87. The average molecular weight is 568 g/mol. The molecule has 1 amide bonds. The maximum atomic E-state index is 12.7. The van der Waals surface area contributed by atoms with E-state index in [2.05, 4.69) is 26.6 Å². The van der Waals surface area contributed by atoms with Crippen molar-refractivity contribution in [3.05, 3.63) is 57.0 Å². The van der Waals surface area contributed by atoms with Gasteiger partial charge in [0.1, 0.15) is 5.75 Å². The molecule has 3 rings (SSSR count). The minimum atomic E-state index is -0.218. The Balaban J connectivity index is 1.62. The van der Waals surface area contributed by atoms with E-state index in [1.807, 2.05) is 18.2 Å². The summed E-state index contributed by atoms with van der Waals surface area (Å²) in [5.74, 6) is 0.754. The highest BCUT2D eigenvalue weighted by molar-refractivity contribution is 9.10. The summed E-state index contributed by atoms with van der Waals surface area (Å²) >= 11 is 10.1. The molecule has 2 aromatic carbocycles. The van der Waals surface area contributed by atoms with E-state index in [4.69, 9.17) is 25.8 Å². The van der Waals surface area contributed by atoms with Gasteiger partial charge in [0, 0.05) is 29.3 Å². The normalized spacial score (nSPS) is 18.4. The molecule has 1 unspecified atom stereocenters. The number of benzene rings is 2. The largest absolute Gasteiger partial charge is 0.496 e. The van der Waals surface area contributed by atoms with Crippen LogP contribution in [-0.2, 0) is 14.3 Å². The van der Waals surface area contributed by atoms with Crippen molar-refractivity contribution in [1.82, 2.24) is 5.32 Å². The number of hydrogen-bond acceptors (Lipinski definition) is 6. The highest BCUT2D eigenvalue weighted by atomic mass is 79.9. The quantitative estimate of drug-likeness (QED) is 0.363. The van der Waals surface area contributed by atoms with Crippen LogP contribution in [-0.4, -0.2) is 46.4 Å². The second-order valence-electron chi connectivity index (χ2n) is 8.68. The van der Waals surface area contributed by atoms with Gasteiger partial charge in [-0.2, -0.15) is 0 Å². The van der Waals surface area contributed by atoms with Crippen LogP contribution in [0.15, 0.2) is 40.9 Å². The summed E-state index contributed by atoms with van der Waals surface area (Å²) in [5, 5.41) is 6.85. The molecule has 0 spiro atoms. The van der Waals surface area contributed by atoms with Crippen LogP contribution in [0.5, 0.6) is 5.75 Å². The molecule has 0 bridgehead atoms. The Kier molecular flexibility index (Phi) is 10.2. The first-order chi connectivity index (χ1) is 16.9. The number of esters is 1. The fourth-order valence-electron chi connectivity index (χ4n) is 4.42. The Morgan fingerprint density at radius 1 is 1.09 bits per heavy atom. The van der Waals surface area contributed by atoms with Crippen LogP contribution in [0.25, 0.3) is 0 Å². The third-order valence-corrected chi connectivity index (χ3v) is 7.20. The van der Waals surface area contributed by atoms with Crippen LogP contribution < -0.4 is 15.4 Å². The van der Waals surface area contributed by atoms with Crippen molar-refractivity contribution in [3.8, 4) is 5.75 Å². The number of carbonyl (C=O) groups is 2. The van der Waals surface area contributed by atoms with Gasteiger partial charge < -0.3 is 24.8 Å². The van der Waals surface area contributed by atoms with E-state index in [-0.39, 0.29) is 23.8 Å². The van der Waals surface area contributed by atoms with E-state index in [9.17, 15) is 9.59 Å². The fourth-order valence-corrected chi connectivity index (χ4v) is 5.04. The lowest BCUT2D eigenvalue weighted by molar-refractivity contribution is -0.146. The van der Waals surface area contributed by atoms with Crippen LogP contribution in [0.4, 0.5) is 5.69 Å². The molecule has 2 N–H and O–H groups in total. The number of ether oxygens (including phenoxy) is 3. The monoisotopic (exact) mass is 566 g/mol. The van der Waals surface area contributed by atoms with Gasteiger partial charge in [0.15, 0.2) is 0 Å². The Morgan fingerprint density at radius 3 is 2.46 bits per heavy atom.